The molecule has 0 spiro atoms. The highest BCUT2D eigenvalue weighted by Gasteiger charge is 2.51. The maximum absolute atomic E-state index is 9.25. The van der Waals surface area contributed by atoms with E-state index in [0.29, 0.717) is 17.8 Å². The Morgan fingerprint density at radius 2 is 2.27 bits per heavy atom. The molecule has 2 heteroatoms. The van der Waals surface area contributed by atoms with Crippen molar-refractivity contribution < 1.29 is 0 Å². The van der Waals surface area contributed by atoms with E-state index >= 15 is 0 Å². The number of nitrogens with zero attached hydrogens (tertiary/aromatic N) is 1. The molecular weight excluding hydrogens is 206 g/mol. The first-order valence-electron chi connectivity index (χ1n) is 5.76. The third kappa shape index (κ3) is 1.60. The maximum Gasteiger partial charge on any atom is 0.138 e. The number of alkyl halides is 1. The van der Waals surface area contributed by atoms with Crippen LogP contribution in [-0.2, 0) is 0 Å². The van der Waals surface area contributed by atoms with Gasteiger partial charge in [-0.05, 0) is 37.5 Å². The summed E-state index contributed by atoms with van der Waals surface area (Å²) in [5.74, 6) is 2.01. The molecule has 0 radical (unpaired) electrons. The van der Waals surface area contributed by atoms with Crippen LogP contribution in [-0.4, -0.2) is 4.87 Å². The van der Waals surface area contributed by atoms with Crippen LogP contribution in [0.5, 0.6) is 0 Å². The Morgan fingerprint density at radius 3 is 2.73 bits per heavy atom. The SMILES string of the molecule is CC1=CC2C(C(C)C)CC1CC2(Cl)C#N. The van der Waals surface area contributed by atoms with Gasteiger partial charge in [0.05, 0.1) is 6.07 Å². The number of fused-ring (bicyclic) bond motifs is 2. The number of rotatable bonds is 1. The lowest BCUT2D eigenvalue weighted by molar-refractivity contribution is 0.140. The Balaban J connectivity index is 2.37. The molecule has 3 aliphatic carbocycles. The van der Waals surface area contributed by atoms with Crippen LogP contribution in [0.4, 0.5) is 0 Å². The highest BCUT2D eigenvalue weighted by Crippen LogP contribution is 2.54. The van der Waals surface area contributed by atoms with Crippen LogP contribution >= 0.6 is 11.6 Å². The van der Waals surface area contributed by atoms with Crippen LogP contribution in [0.2, 0.25) is 0 Å². The monoisotopic (exact) mass is 223 g/mol. The zero-order valence-corrected chi connectivity index (χ0v) is 10.4. The van der Waals surface area contributed by atoms with Gasteiger partial charge in [-0.1, -0.05) is 25.5 Å². The molecule has 0 aliphatic heterocycles. The molecule has 0 saturated heterocycles. The number of hydrogen-bond acceptors (Lipinski definition) is 1. The Hall–Kier alpha value is -0.480. The lowest BCUT2D eigenvalue weighted by atomic mass is 9.58. The summed E-state index contributed by atoms with van der Waals surface area (Å²) in [5, 5.41) is 9.25. The van der Waals surface area contributed by atoms with Gasteiger partial charge in [0.1, 0.15) is 4.87 Å². The van der Waals surface area contributed by atoms with E-state index in [-0.39, 0.29) is 5.92 Å². The van der Waals surface area contributed by atoms with Gasteiger partial charge in [-0.3, -0.25) is 0 Å². The van der Waals surface area contributed by atoms with Crippen molar-refractivity contribution in [1.82, 2.24) is 0 Å². The summed E-state index contributed by atoms with van der Waals surface area (Å²) in [6.45, 7) is 6.66. The molecule has 4 unspecified atom stereocenters. The average molecular weight is 224 g/mol. The third-order valence-corrected chi connectivity index (χ3v) is 4.71. The normalized spacial score (nSPS) is 44.0. The second-order valence-electron chi connectivity index (χ2n) is 5.46. The Labute approximate surface area is 97.1 Å². The smallest absolute Gasteiger partial charge is 0.138 e. The lowest BCUT2D eigenvalue weighted by Crippen LogP contribution is -2.47. The Morgan fingerprint density at radius 1 is 1.60 bits per heavy atom. The first-order valence-corrected chi connectivity index (χ1v) is 6.14. The van der Waals surface area contributed by atoms with E-state index < -0.39 is 4.87 Å². The zero-order chi connectivity index (χ0) is 11.2. The molecule has 0 aromatic carbocycles. The van der Waals surface area contributed by atoms with Crippen molar-refractivity contribution in [2.24, 2.45) is 23.7 Å². The summed E-state index contributed by atoms with van der Waals surface area (Å²) in [4.78, 5) is -0.628. The van der Waals surface area contributed by atoms with Crippen LogP contribution in [0.1, 0.15) is 33.6 Å². The molecule has 3 rings (SSSR count). The van der Waals surface area contributed by atoms with E-state index in [4.69, 9.17) is 11.6 Å². The van der Waals surface area contributed by atoms with Crippen molar-refractivity contribution in [3.63, 3.8) is 0 Å². The summed E-state index contributed by atoms with van der Waals surface area (Å²) in [6, 6.07) is 2.34. The first kappa shape index (κ1) is 11.0. The highest BCUT2D eigenvalue weighted by atomic mass is 35.5. The molecule has 1 saturated carbocycles. The number of hydrogen-bond donors (Lipinski definition) is 0. The van der Waals surface area contributed by atoms with Gasteiger partial charge in [-0.2, -0.15) is 5.26 Å². The predicted octanol–water partition coefficient (Wildman–Crippen LogP) is 3.75. The van der Waals surface area contributed by atoms with Crippen molar-refractivity contribution in [2.45, 2.75) is 38.5 Å². The topological polar surface area (TPSA) is 23.8 Å². The van der Waals surface area contributed by atoms with E-state index in [9.17, 15) is 5.26 Å². The van der Waals surface area contributed by atoms with Crippen LogP contribution in [0.25, 0.3) is 0 Å². The molecule has 0 N–H and O–H groups in total. The second-order valence-corrected chi connectivity index (χ2v) is 6.13. The summed E-state index contributed by atoms with van der Waals surface area (Å²) < 4.78 is 0. The van der Waals surface area contributed by atoms with E-state index in [0.717, 1.165) is 6.42 Å². The van der Waals surface area contributed by atoms with Gasteiger partial charge in [0.2, 0.25) is 0 Å². The summed E-state index contributed by atoms with van der Waals surface area (Å²) in [6.07, 6.45) is 4.33. The largest absolute Gasteiger partial charge is 0.196 e. The molecule has 0 aromatic heterocycles. The summed E-state index contributed by atoms with van der Waals surface area (Å²) in [5.41, 5.74) is 1.45. The van der Waals surface area contributed by atoms with Crippen LogP contribution in [0.3, 0.4) is 0 Å². The van der Waals surface area contributed by atoms with Crippen molar-refractivity contribution in [3.05, 3.63) is 11.6 Å². The molecule has 1 nitrogen and oxygen atoms in total. The fourth-order valence-corrected chi connectivity index (χ4v) is 3.63. The molecule has 0 heterocycles. The van der Waals surface area contributed by atoms with Crippen molar-refractivity contribution in [1.29, 1.82) is 5.26 Å². The number of halogens is 1. The Bertz CT molecular complexity index is 339. The molecule has 3 aliphatic rings. The number of nitriles is 1. The van der Waals surface area contributed by atoms with Crippen LogP contribution < -0.4 is 0 Å². The summed E-state index contributed by atoms with van der Waals surface area (Å²) >= 11 is 6.45. The standard InChI is InChI=1S/C13H18ClN/c1-8(2)11-5-10-6-13(14,7-15)12(11)4-9(10)3/h4,8,10-12H,5-6H2,1-3H3. The molecule has 1 fully saturated rings. The van der Waals surface area contributed by atoms with Crippen molar-refractivity contribution in [2.75, 3.05) is 0 Å². The minimum atomic E-state index is -0.628. The quantitative estimate of drug-likeness (QED) is 0.491. The molecule has 0 amide bonds. The van der Waals surface area contributed by atoms with Gasteiger partial charge in [-0.25, -0.2) is 0 Å². The van der Waals surface area contributed by atoms with E-state index in [1.54, 1.807) is 0 Å². The molecular formula is C13H18ClN. The molecule has 4 atom stereocenters. The fourth-order valence-electron chi connectivity index (χ4n) is 3.22. The summed E-state index contributed by atoms with van der Waals surface area (Å²) in [7, 11) is 0. The molecule has 2 bridgehead atoms. The molecule has 82 valence electrons. The average Bonchev–Trinajstić information content (AvgIpc) is 2.19. The van der Waals surface area contributed by atoms with Gasteiger partial charge in [0.15, 0.2) is 0 Å². The van der Waals surface area contributed by atoms with Gasteiger partial charge in [0, 0.05) is 5.92 Å². The van der Waals surface area contributed by atoms with Gasteiger partial charge < -0.3 is 0 Å². The van der Waals surface area contributed by atoms with Gasteiger partial charge in [-0.15, -0.1) is 11.6 Å². The lowest BCUT2D eigenvalue weighted by Gasteiger charge is -2.49. The Kier molecular flexibility index (Phi) is 2.59. The minimum absolute atomic E-state index is 0.258. The van der Waals surface area contributed by atoms with E-state index in [2.05, 4.69) is 32.9 Å². The minimum Gasteiger partial charge on any atom is -0.196 e. The van der Waals surface area contributed by atoms with Gasteiger partial charge in [0.25, 0.3) is 0 Å². The second kappa shape index (κ2) is 3.52. The zero-order valence-electron chi connectivity index (χ0n) is 9.63. The van der Waals surface area contributed by atoms with Gasteiger partial charge >= 0.3 is 0 Å². The highest BCUT2D eigenvalue weighted by molar-refractivity contribution is 6.26. The first-order chi connectivity index (χ1) is 6.98. The van der Waals surface area contributed by atoms with Crippen molar-refractivity contribution >= 4 is 11.6 Å². The van der Waals surface area contributed by atoms with Crippen LogP contribution in [0, 0.1) is 35.0 Å². The maximum atomic E-state index is 9.25. The van der Waals surface area contributed by atoms with Crippen molar-refractivity contribution in [3.8, 4) is 6.07 Å². The fraction of sp³-hybridized carbons (Fsp3) is 0.769. The predicted molar refractivity (Wildman–Crippen MR) is 62.5 cm³/mol. The molecule has 15 heavy (non-hydrogen) atoms. The van der Waals surface area contributed by atoms with E-state index in [1.807, 2.05) is 0 Å². The number of allylic oxidation sites excluding steroid dienone is 2. The molecule has 0 aromatic rings. The van der Waals surface area contributed by atoms with E-state index in [1.165, 1.54) is 12.0 Å². The third-order valence-electron chi connectivity index (χ3n) is 4.22. The van der Waals surface area contributed by atoms with Crippen LogP contribution in [0.15, 0.2) is 11.6 Å².